The number of aryl methyl sites for hydroxylation is 3. The van der Waals surface area contributed by atoms with Crippen molar-refractivity contribution in [3.8, 4) is 5.69 Å². The Morgan fingerprint density at radius 1 is 1.05 bits per heavy atom. The first-order valence-corrected chi connectivity index (χ1v) is 8.37. The molecular formula is C18H19N3S. The van der Waals surface area contributed by atoms with Crippen LogP contribution in [-0.4, -0.2) is 20.5 Å². The maximum absolute atomic E-state index is 4.26. The van der Waals surface area contributed by atoms with E-state index >= 15 is 0 Å². The normalized spacial score (nSPS) is 10.8. The van der Waals surface area contributed by atoms with E-state index in [-0.39, 0.29) is 0 Å². The van der Waals surface area contributed by atoms with Gasteiger partial charge < -0.3 is 0 Å². The second-order valence-electron chi connectivity index (χ2n) is 5.36. The molecule has 1 heterocycles. The molecule has 0 saturated heterocycles. The zero-order valence-electron chi connectivity index (χ0n) is 12.9. The van der Waals surface area contributed by atoms with Gasteiger partial charge in [0.25, 0.3) is 0 Å². The minimum Gasteiger partial charge on any atom is -0.276 e. The number of nitrogens with zero attached hydrogens (tertiary/aromatic N) is 3. The van der Waals surface area contributed by atoms with Gasteiger partial charge in [-0.25, -0.2) is 0 Å². The van der Waals surface area contributed by atoms with Gasteiger partial charge in [0.1, 0.15) is 6.33 Å². The third-order valence-corrected chi connectivity index (χ3v) is 4.54. The first kappa shape index (κ1) is 14.9. The first-order chi connectivity index (χ1) is 10.7. The molecule has 0 aliphatic carbocycles. The quantitative estimate of drug-likeness (QED) is 0.661. The summed E-state index contributed by atoms with van der Waals surface area (Å²) in [5, 5.41) is 9.29. The van der Waals surface area contributed by atoms with Crippen LogP contribution >= 0.6 is 11.8 Å². The summed E-state index contributed by atoms with van der Waals surface area (Å²) >= 11 is 1.75. The molecule has 0 aliphatic rings. The first-order valence-electron chi connectivity index (χ1n) is 7.38. The molecular weight excluding hydrogens is 290 g/mol. The van der Waals surface area contributed by atoms with Gasteiger partial charge in [-0.15, -0.1) is 10.2 Å². The van der Waals surface area contributed by atoms with E-state index in [0.29, 0.717) is 0 Å². The Morgan fingerprint density at radius 2 is 1.86 bits per heavy atom. The van der Waals surface area contributed by atoms with Crippen LogP contribution in [0.3, 0.4) is 0 Å². The molecule has 3 rings (SSSR count). The van der Waals surface area contributed by atoms with Gasteiger partial charge >= 0.3 is 0 Å². The van der Waals surface area contributed by atoms with Crippen molar-refractivity contribution in [3.05, 3.63) is 71.5 Å². The van der Waals surface area contributed by atoms with Crippen LogP contribution in [0.2, 0.25) is 0 Å². The second kappa shape index (κ2) is 6.79. The molecule has 0 fully saturated rings. The Morgan fingerprint density at radius 3 is 2.64 bits per heavy atom. The molecule has 22 heavy (non-hydrogen) atoms. The minimum absolute atomic E-state index is 0.947. The molecule has 2 aromatic carbocycles. The third kappa shape index (κ3) is 3.39. The predicted octanol–water partition coefficient (Wildman–Crippen LogP) is 4.22. The predicted molar refractivity (Wildman–Crippen MR) is 91.7 cm³/mol. The number of aromatic nitrogens is 3. The van der Waals surface area contributed by atoms with Gasteiger partial charge in [-0.05, 0) is 37.5 Å². The maximum Gasteiger partial charge on any atom is 0.195 e. The fraction of sp³-hybridized carbons (Fsp3) is 0.222. The van der Waals surface area contributed by atoms with Crippen molar-refractivity contribution in [2.24, 2.45) is 0 Å². The van der Waals surface area contributed by atoms with E-state index in [4.69, 9.17) is 0 Å². The zero-order valence-corrected chi connectivity index (χ0v) is 13.7. The summed E-state index contributed by atoms with van der Waals surface area (Å²) in [6, 6.07) is 17.0. The van der Waals surface area contributed by atoms with Crippen molar-refractivity contribution in [1.82, 2.24) is 14.8 Å². The SMILES string of the molecule is Cc1ccc(-n2cnnc2SCCc2ccccc2)c(C)c1. The Bertz CT molecular complexity index is 750. The number of thioether (sulfide) groups is 1. The van der Waals surface area contributed by atoms with E-state index in [9.17, 15) is 0 Å². The topological polar surface area (TPSA) is 30.7 Å². The van der Waals surface area contributed by atoms with Gasteiger partial charge in [0.2, 0.25) is 0 Å². The summed E-state index contributed by atoms with van der Waals surface area (Å²) in [6.45, 7) is 4.24. The van der Waals surface area contributed by atoms with Gasteiger partial charge in [0.15, 0.2) is 5.16 Å². The fourth-order valence-electron chi connectivity index (χ4n) is 2.47. The highest BCUT2D eigenvalue weighted by atomic mass is 32.2. The molecule has 0 spiro atoms. The van der Waals surface area contributed by atoms with Gasteiger partial charge in [-0.3, -0.25) is 4.57 Å². The molecule has 3 nitrogen and oxygen atoms in total. The average Bonchev–Trinajstić information content (AvgIpc) is 2.97. The summed E-state index contributed by atoms with van der Waals surface area (Å²) in [4.78, 5) is 0. The van der Waals surface area contributed by atoms with Crippen molar-refractivity contribution in [1.29, 1.82) is 0 Å². The Labute approximate surface area is 135 Å². The molecule has 0 bridgehead atoms. The van der Waals surface area contributed by atoms with Crippen molar-refractivity contribution in [3.63, 3.8) is 0 Å². The van der Waals surface area contributed by atoms with Gasteiger partial charge in [-0.1, -0.05) is 59.8 Å². The van der Waals surface area contributed by atoms with E-state index in [1.165, 1.54) is 16.7 Å². The zero-order chi connectivity index (χ0) is 15.4. The summed E-state index contributed by atoms with van der Waals surface area (Å²) in [6.07, 6.45) is 2.83. The molecule has 0 atom stereocenters. The van der Waals surface area contributed by atoms with Crippen molar-refractivity contribution >= 4 is 11.8 Å². The molecule has 1 aromatic heterocycles. The van der Waals surface area contributed by atoms with Crippen LogP contribution in [0.1, 0.15) is 16.7 Å². The number of benzene rings is 2. The lowest BCUT2D eigenvalue weighted by Gasteiger charge is -2.10. The van der Waals surface area contributed by atoms with Crippen LogP contribution in [0.25, 0.3) is 5.69 Å². The fourth-order valence-corrected chi connectivity index (χ4v) is 3.38. The van der Waals surface area contributed by atoms with Crippen molar-refractivity contribution < 1.29 is 0 Å². The lowest BCUT2D eigenvalue weighted by Crippen LogP contribution is -1.99. The van der Waals surface area contributed by atoms with E-state index in [2.05, 4.69) is 71.1 Å². The number of hydrogen-bond acceptors (Lipinski definition) is 3. The second-order valence-corrected chi connectivity index (χ2v) is 6.42. The summed E-state index contributed by atoms with van der Waals surface area (Å²) in [7, 11) is 0. The molecule has 0 N–H and O–H groups in total. The molecule has 0 radical (unpaired) electrons. The van der Waals surface area contributed by atoms with E-state index in [1.54, 1.807) is 18.1 Å². The monoisotopic (exact) mass is 309 g/mol. The maximum atomic E-state index is 4.26. The van der Waals surface area contributed by atoms with Crippen LogP contribution in [0.4, 0.5) is 0 Å². The molecule has 0 unspecified atom stereocenters. The lowest BCUT2D eigenvalue weighted by atomic mass is 10.1. The standard InChI is InChI=1S/C18H19N3S/c1-14-8-9-17(15(2)12-14)21-13-19-20-18(21)22-11-10-16-6-4-3-5-7-16/h3-9,12-13H,10-11H2,1-2H3. The lowest BCUT2D eigenvalue weighted by molar-refractivity contribution is 0.876. The van der Waals surface area contributed by atoms with E-state index in [1.807, 2.05) is 6.07 Å². The van der Waals surface area contributed by atoms with Crippen LogP contribution < -0.4 is 0 Å². The summed E-state index contributed by atoms with van der Waals surface area (Å²) in [5.41, 5.74) is 5.02. The highest BCUT2D eigenvalue weighted by Gasteiger charge is 2.09. The largest absolute Gasteiger partial charge is 0.276 e. The molecule has 0 aliphatic heterocycles. The number of hydrogen-bond donors (Lipinski definition) is 0. The molecule has 0 saturated carbocycles. The smallest absolute Gasteiger partial charge is 0.195 e. The van der Waals surface area contributed by atoms with Crippen LogP contribution in [-0.2, 0) is 6.42 Å². The summed E-state index contributed by atoms with van der Waals surface area (Å²) < 4.78 is 2.07. The molecule has 3 aromatic rings. The highest BCUT2D eigenvalue weighted by Crippen LogP contribution is 2.23. The molecule has 112 valence electrons. The Hall–Kier alpha value is -2.07. The minimum atomic E-state index is 0.947. The van der Waals surface area contributed by atoms with Crippen LogP contribution in [0, 0.1) is 13.8 Å². The molecule has 4 heteroatoms. The Balaban J connectivity index is 1.72. The van der Waals surface area contributed by atoms with Crippen molar-refractivity contribution in [2.45, 2.75) is 25.4 Å². The number of rotatable bonds is 5. The van der Waals surface area contributed by atoms with Crippen molar-refractivity contribution in [2.75, 3.05) is 5.75 Å². The average molecular weight is 309 g/mol. The third-order valence-electron chi connectivity index (χ3n) is 3.59. The van der Waals surface area contributed by atoms with Gasteiger partial charge in [0.05, 0.1) is 5.69 Å². The molecule has 0 amide bonds. The summed E-state index contributed by atoms with van der Waals surface area (Å²) in [5.74, 6) is 0.994. The highest BCUT2D eigenvalue weighted by molar-refractivity contribution is 7.99. The van der Waals surface area contributed by atoms with Crippen LogP contribution in [0.5, 0.6) is 0 Å². The van der Waals surface area contributed by atoms with E-state index in [0.717, 1.165) is 23.0 Å². The van der Waals surface area contributed by atoms with Crippen LogP contribution in [0.15, 0.2) is 60.0 Å². The Kier molecular flexibility index (Phi) is 4.59. The van der Waals surface area contributed by atoms with E-state index < -0.39 is 0 Å². The van der Waals surface area contributed by atoms with Gasteiger partial charge in [-0.2, -0.15) is 0 Å². The van der Waals surface area contributed by atoms with Gasteiger partial charge in [0, 0.05) is 5.75 Å².